The molecule has 28 heavy (non-hydrogen) atoms. The van der Waals surface area contributed by atoms with E-state index >= 15 is 0 Å². The van der Waals surface area contributed by atoms with Crippen LogP contribution >= 0.6 is 11.3 Å². The van der Waals surface area contributed by atoms with Crippen molar-refractivity contribution in [1.29, 1.82) is 0 Å². The summed E-state index contributed by atoms with van der Waals surface area (Å²) in [7, 11) is 0. The van der Waals surface area contributed by atoms with E-state index in [1.807, 2.05) is 23.5 Å². The standard InChI is InChI=1S/C22H32N4OS/c1-2-6-18(7-3-1)24-22(23-13-10-20-8-4-16-27-20)25-19-11-14-26(15-12-19)21-9-5-17-28-21/h4-5,8-9,16-19H,1-3,6-7,10-15H2,(H2,23,24,25). The second kappa shape index (κ2) is 10.0. The summed E-state index contributed by atoms with van der Waals surface area (Å²) in [5, 5.41) is 11.0. The van der Waals surface area contributed by atoms with Gasteiger partial charge in [-0.2, -0.15) is 0 Å². The predicted octanol–water partition coefficient (Wildman–Crippen LogP) is 4.42. The largest absolute Gasteiger partial charge is 0.469 e. The van der Waals surface area contributed by atoms with Gasteiger partial charge in [0.05, 0.1) is 11.3 Å². The Bertz CT molecular complexity index is 699. The van der Waals surface area contributed by atoms with Gasteiger partial charge in [-0.15, -0.1) is 11.3 Å². The van der Waals surface area contributed by atoms with Crippen molar-refractivity contribution < 1.29 is 4.42 Å². The van der Waals surface area contributed by atoms with Crippen molar-refractivity contribution in [3.8, 4) is 0 Å². The van der Waals surface area contributed by atoms with Crippen LogP contribution in [0.1, 0.15) is 50.7 Å². The van der Waals surface area contributed by atoms with Crippen molar-refractivity contribution in [3.05, 3.63) is 41.7 Å². The van der Waals surface area contributed by atoms with Crippen molar-refractivity contribution in [2.75, 3.05) is 24.5 Å². The van der Waals surface area contributed by atoms with Gasteiger partial charge in [0.2, 0.25) is 0 Å². The maximum absolute atomic E-state index is 5.45. The molecule has 3 heterocycles. The Balaban J connectivity index is 1.31. The molecule has 0 radical (unpaired) electrons. The van der Waals surface area contributed by atoms with Gasteiger partial charge in [0.1, 0.15) is 5.76 Å². The number of furan rings is 1. The zero-order chi connectivity index (χ0) is 19.0. The van der Waals surface area contributed by atoms with E-state index in [4.69, 9.17) is 9.41 Å². The van der Waals surface area contributed by atoms with Crippen LogP contribution in [-0.2, 0) is 6.42 Å². The minimum Gasteiger partial charge on any atom is -0.469 e. The molecule has 5 nitrogen and oxygen atoms in total. The molecule has 1 saturated heterocycles. The predicted molar refractivity (Wildman–Crippen MR) is 117 cm³/mol. The van der Waals surface area contributed by atoms with E-state index in [1.54, 1.807) is 6.26 Å². The molecule has 0 atom stereocenters. The quantitative estimate of drug-likeness (QED) is 0.557. The molecule has 1 aliphatic carbocycles. The van der Waals surface area contributed by atoms with Gasteiger partial charge in [0.15, 0.2) is 5.96 Å². The monoisotopic (exact) mass is 400 g/mol. The topological polar surface area (TPSA) is 52.8 Å². The molecular formula is C22H32N4OS. The molecule has 1 aliphatic heterocycles. The summed E-state index contributed by atoms with van der Waals surface area (Å²) in [6.45, 7) is 2.98. The summed E-state index contributed by atoms with van der Waals surface area (Å²) in [4.78, 5) is 7.38. The number of hydrogen-bond donors (Lipinski definition) is 2. The van der Waals surface area contributed by atoms with Gasteiger partial charge in [-0.3, -0.25) is 4.99 Å². The second-order valence-electron chi connectivity index (χ2n) is 7.90. The first kappa shape index (κ1) is 19.4. The number of anilines is 1. The number of guanidine groups is 1. The summed E-state index contributed by atoms with van der Waals surface area (Å²) < 4.78 is 5.45. The van der Waals surface area contributed by atoms with E-state index < -0.39 is 0 Å². The van der Waals surface area contributed by atoms with Gasteiger partial charge in [-0.25, -0.2) is 0 Å². The highest BCUT2D eigenvalue weighted by Gasteiger charge is 2.22. The van der Waals surface area contributed by atoms with Crippen LogP contribution in [-0.4, -0.2) is 37.7 Å². The molecule has 2 aromatic rings. The Morgan fingerprint density at radius 1 is 1.04 bits per heavy atom. The number of aliphatic imine (C=N–C) groups is 1. The Hall–Kier alpha value is -1.95. The maximum Gasteiger partial charge on any atom is 0.191 e. The minimum atomic E-state index is 0.495. The summed E-state index contributed by atoms with van der Waals surface area (Å²) >= 11 is 1.84. The smallest absolute Gasteiger partial charge is 0.191 e. The van der Waals surface area contributed by atoms with Gasteiger partial charge < -0.3 is 20.0 Å². The van der Waals surface area contributed by atoms with Crippen LogP contribution in [0, 0.1) is 0 Å². The normalized spacial score (nSPS) is 19.7. The first-order valence-corrected chi connectivity index (χ1v) is 11.6. The van der Waals surface area contributed by atoms with Gasteiger partial charge in [0, 0.05) is 38.1 Å². The van der Waals surface area contributed by atoms with Crippen molar-refractivity contribution in [2.45, 2.75) is 63.5 Å². The van der Waals surface area contributed by atoms with Crippen LogP contribution < -0.4 is 15.5 Å². The van der Waals surface area contributed by atoms with E-state index in [0.717, 1.165) is 50.6 Å². The number of nitrogens with zero attached hydrogens (tertiary/aromatic N) is 2. The zero-order valence-corrected chi connectivity index (χ0v) is 17.4. The van der Waals surface area contributed by atoms with Crippen LogP contribution in [0.2, 0.25) is 0 Å². The molecule has 2 aromatic heterocycles. The summed E-state index contributed by atoms with van der Waals surface area (Å²) in [5.41, 5.74) is 0. The lowest BCUT2D eigenvalue weighted by molar-refractivity contribution is 0.401. The van der Waals surface area contributed by atoms with E-state index in [2.05, 4.69) is 33.0 Å². The molecule has 2 fully saturated rings. The lowest BCUT2D eigenvalue weighted by atomic mass is 9.95. The highest BCUT2D eigenvalue weighted by atomic mass is 32.1. The van der Waals surface area contributed by atoms with Crippen molar-refractivity contribution in [2.24, 2.45) is 4.99 Å². The van der Waals surface area contributed by atoms with Crippen LogP contribution in [0.15, 0.2) is 45.3 Å². The average molecular weight is 401 g/mol. The number of nitrogens with one attached hydrogen (secondary N) is 2. The van der Waals surface area contributed by atoms with Gasteiger partial charge in [0.25, 0.3) is 0 Å². The molecule has 152 valence electrons. The van der Waals surface area contributed by atoms with E-state index in [0.29, 0.717) is 12.1 Å². The fourth-order valence-electron chi connectivity index (χ4n) is 4.19. The molecule has 0 spiro atoms. The van der Waals surface area contributed by atoms with Crippen LogP contribution in [0.3, 0.4) is 0 Å². The molecule has 0 amide bonds. The van der Waals surface area contributed by atoms with Crippen LogP contribution in [0.4, 0.5) is 5.00 Å². The van der Waals surface area contributed by atoms with E-state index in [9.17, 15) is 0 Å². The molecule has 2 N–H and O–H groups in total. The Kier molecular flexibility index (Phi) is 6.92. The van der Waals surface area contributed by atoms with Crippen molar-refractivity contribution >= 4 is 22.3 Å². The molecule has 6 heteroatoms. The van der Waals surface area contributed by atoms with Gasteiger partial charge >= 0.3 is 0 Å². The number of rotatable bonds is 6. The third kappa shape index (κ3) is 5.53. The maximum atomic E-state index is 5.45. The van der Waals surface area contributed by atoms with E-state index in [1.165, 1.54) is 37.1 Å². The number of thiophene rings is 1. The van der Waals surface area contributed by atoms with Gasteiger partial charge in [-0.05, 0) is 55.3 Å². The summed E-state index contributed by atoms with van der Waals surface area (Å²) in [6, 6.07) is 9.40. The molecule has 0 unspecified atom stereocenters. The molecule has 1 saturated carbocycles. The first-order valence-electron chi connectivity index (χ1n) is 10.8. The van der Waals surface area contributed by atoms with Crippen LogP contribution in [0.25, 0.3) is 0 Å². The highest BCUT2D eigenvalue weighted by Crippen LogP contribution is 2.25. The summed E-state index contributed by atoms with van der Waals surface area (Å²) in [5.74, 6) is 2.00. The van der Waals surface area contributed by atoms with E-state index in [-0.39, 0.29) is 0 Å². The lowest BCUT2D eigenvalue weighted by Crippen LogP contribution is -2.51. The average Bonchev–Trinajstić information content (AvgIpc) is 3.44. The van der Waals surface area contributed by atoms with Crippen molar-refractivity contribution in [1.82, 2.24) is 10.6 Å². The molecule has 2 aliphatic rings. The van der Waals surface area contributed by atoms with Crippen LogP contribution in [0.5, 0.6) is 0 Å². The fraction of sp³-hybridized carbons (Fsp3) is 0.591. The van der Waals surface area contributed by atoms with Gasteiger partial charge in [-0.1, -0.05) is 19.3 Å². The Labute approximate surface area is 172 Å². The lowest BCUT2D eigenvalue weighted by Gasteiger charge is -2.34. The molecule has 0 bridgehead atoms. The summed E-state index contributed by atoms with van der Waals surface area (Å²) in [6.07, 6.45) is 11.4. The first-order chi connectivity index (χ1) is 13.9. The number of hydrogen-bond acceptors (Lipinski definition) is 4. The molecule has 4 rings (SSSR count). The zero-order valence-electron chi connectivity index (χ0n) is 16.6. The highest BCUT2D eigenvalue weighted by molar-refractivity contribution is 7.14. The molecule has 0 aromatic carbocycles. The fourth-order valence-corrected chi connectivity index (χ4v) is 4.98. The number of piperidine rings is 1. The van der Waals surface area contributed by atoms with Crippen molar-refractivity contribution in [3.63, 3.8) is 0 Å². The third-order valence-corrected chi connectivity index (χ3v) is 6.74. The third-order valence-electron chi connectivity index (χ3n) is 5.81. The SMILES string of the molecule is c1coc(CCN=C(NC2CCCCC2)NC2CCN(c3cccs3)CC2)c1. The Morgan fingerprint density at radius 2 is 1.82 bits per heavy atom. The molecular weight excluding hydrogens is 368 g/mol. The second-order valence-corrected chi connectivity index (χ2v) is 8.82. The Morgan fingerprint density at radius 3 is 2.50 bits per heavy atom. The minimum absolute atomic E-state index is 0.495.